The zero-order chi connectivity index (χ0) is 12.4. The van der Waals surface area contributed by atoms with E-state index in [9.17, 15) is 5.11 Å². The molecule has 0 aliphatic carbocycles. The number of phenolic OH excluding ortho intramolecular Hbond substituents is 1. The molecule has 0 spiro atoms. The molecular weight excluding hydrogens is 208 g/mol. The van der Waals surface area contributed by atoms with Gasteiger partial charge in [-0.1, -0.05) is 50.2 Å². The summed E-state index contributed by atoms with van der Waals surface area (Å²) in [4.78, 5) is 0. The van der Waals surface area contributed by atoms with E-state index in [0.29, 0.717) is 11.7 Å². The van der Waals surface area contributed by atoms with Crippen molar-refractivity contribution < 1.29 is 5.11 Å². The van der Waals surface area contributed by atoms with Gasteiger partial charge in [0.1, 0.15) is 5.75 Å². The van der Waals surface area contributed by atoms with Crippen LogP contribution in [0.1, 0.15) is 30.9 Å². The average molecular weight is 226 g/mol. The molecule has 0 amide bonds. The molecule has 0 radical (unpaired) electrons. The molecule has 0 fully saturated rings. The number of aryl methyl sites for hydroxylation is 1. The number of rotatable bonds is 2. The highest BCUT2D eigenvalue weighted by molar-refractivity contribution is 5.75. The van der Waals surface area contributed by atoms with Crippen molar-refractivity contribution in [3.8, 4) is 16.9 Å². The molecule has 0 aromatic heterocycles. The summed E-state index contributed by atoms with van der Waals surface area (Å²) in [5.41, 5.74) is 4.52. The van der Waals surface area contributed by atoms with Crippen LogP contribution in [0.5, 0.6) is 5.75 Å². The molecule has 0 unspecified atom stereocenters. The zero-order valence-corrected chi connectivity index (χ0v) is 10.6. The summed E-state index contributed by atoms with van der Waals surface area (Å²) in [5, 5.41) is 10.1. The first-order valence-electron chi connectivity index (χ1n) is 5.99. The van der Waals surface area contributed by atoms with Gasteiger partial charge in [-0.15, -0.1) is 0 Å². The lowest BCUT2D eigenvalue weighted by atomic mass is 9.88. The fourth-order valence-electron chi connectivity index (χ4n) is 2.36. The van der Waals surface area contributed by atoms with Crippen molar-refractivity contribution in [2.45, 2.75) is 26.7 Å². The van der Waals surface area contributed by atoms with Gasteiger partial charge in [0, 0.05) is 5.56 Å². The molecule has 1 heteroatoms. The zero-order valence-electron chi connectivity index (χ0n) is 10.6. The molecule has 0 aliphatic rings. The summed E-state index contributed by atoms with van der Waals surface area (Å²) >= 11 is 0. The lowest BCUT2D eigenvalue weighted by molar-refractivity contribution is 0.476. The van der Waals surface area contributed by atoms with Crippen molar-refractivity contribution in [3.63, 3.8) is 0 Å². The average Bonchev–Trinajstić information content (AvgIpc) is 2.32. The minimum atomic E-state index is 0.366. The molecule has 88 valence electrons. The molecule has 0 saturated heterocycles. The van der Waals surface area contributed by atoms with E-state index >= 15 is 0 Å². The van der Waals surface area contributed by atoms with Gasteiger partial charge in [-0.05, 0) is 35.6 Å². The molecular formula is C16H18O. The first-order valence-corrected chi connectivity index (χ1v) is 5.99. The monoisotopic (exact) mass is 226 g/mol. The number of hydrogen-bond acceptors (Lipinski definition) is 1. The molecule has 2 aromatic carbocycles. The molecule has 1 nitrogen and oxygen atoms in total. The highest BCUT2D eigenvalue weighted by atomic mass is 16.3. The van der Waals surface area contributed by atoms with E-state index in [1.165, 1.54) is 11.1 Å². The van der Waals surface area contributed by atoms with Crippen LogP contribution in [0.3, 0.4) is 0 Å². The van der Waals surface area contributed by atoms with Gasteiger partial charge in [0.15, 0.2) is 0 Å². The third-order valence-corrected chi connectivity index (χ3v) is 3.08. The number of aromatic hydroxyl groups is 1. The molecule has 2 rings (SSSR count). The van der Waals surface area contributed by atoms with Gasteiger partial charge >= 0.3 is 0 Å². The minimum absolute atomic E-state index is 0.366. The van der Waals surface area contributed by atoms with Crippen LogP contribution in [0.15, 0.2) is 42.5 Å². The Bertz CT molecular complexity index is 513. The van der Waals surface area contributed by atoms with Crippen LogP contribution >= 0.6 is 0 Å². The van der Waals surface area contributed by atoms with Crippen LogP contribution in [-0.2, 0) is 0 Å². The molecule has 0 bridgehead atoms. The quantitative estimate of drug-likeness (QED) is 0.799. The molecule has 17 heavy (non-hydrogen) atoms. The Kier molecular flexibility index (Phi) is 3.19. The maximum Gasteiger partial charge on any atom is 0.123 e. The molecule has 0 aliphatic heterocycles. The van der Waals surface area contributed by atoms with E-state index in [1.807, 2.05) is 36.4 Å². The molecule has 0 atom stereocenters. The maximum absolute atomic E-state index is 10.1. The smallest absolute Gasteiger partial charge is 0.123 e. The molecule has 1 N–H and O–H groups in total. The molecule has 0 heterocycles. The Morgan fingerprint density at radius 3 is 2.18 bits per heavy atom. The van der Waals surface area contributed by atoms with Crippen molar-refractivity contribution in [3.05, 3.63) is 53.6 Å². The van der Waals surface area contributed by atoms with E-state index < -0.39 is 0 Å². The predicted molar refractivity (Wildman–Crippen MR) is 72.4 cm³/mol. The first kappa shape index (κ1) is 11.7. The standard InChI is InChI=1S/C16H18O/c1-11(2)15-12(3)9-10-14(17)16(15)13-7-5-4-6-8-13/h4-11,17H,1-3H3. The van der Waals surface area contributed by atoms with E-state index in [4.69, 9.17) is 0 Å². The summed E-state index contributed by atoms with van der Waals surface area (Å²) in [5.74, 6) is 0.766. The second-order valence-corrected chi connectivity index (χ2v) is 4.71. The second-order valence-electron chi connectivity index (χ2n) is 4.71. The van der Waals surface area contributed by atoms with Crippen LogP contribution in [0.4, 0.5) is 0 Å². The lowest BCUT2D eigenvalue weighted by Crippen LogP contribution is -1.96. The second kappa shape index (κ2) is 4.62. The largest absolute Gasteiger partial charge is 0.507 e. The van der Waals surface area contributed by atoms with Gasteiger partial charge in [0.25, 0.3) is 0 Å². The van der Waals surface area contributed by atoms with E-state index in [-0.39, 0.29) is 0 Å². The van der Waals surface area contributed by atoms with Gasteiger partial charge in [-0.25, -0.2) is 0 Å². The third-order valence-electron chi connectivity index (χ3n) is 3.08. The topological polar surface area (TPSA) is 20.2 Å². The summed E-state index contributed by atoms with van der Waals surface area (Å²) in [6.45, 7) is 6.42. The normalized spacial score (nSPS) is 10.8. The summed E-state index contributed by atoms with van der Waals surface area (Å²) in [6, 6.07) is 13.8. The predicted octanol–water partition coefficient (Wildman–Crippen LogP) is 4.49. The number of benzene rings is 2. The third kappa shape index (κ3) is 2.19. The van der Waals surface area contributed by atoms with E-state index in [0.717, 1.165) is 11.1 Å². The molecule has 2 aromatic rings. The Balaban J connectivity index is 2.72. The SMILES string of the molecule is Cc1ccc(O)c(-c2ccccc2)c1C(C)C. The van der Waals surface area contributed by atoms with E-state index in [2.05, 4.69) is 20.8 Å². The Labute approximate surface area is 103 Å². The summed E-state index contributed by atoms with van der Waals surface area (Å²) in [6.07, 6.45) is 0. The van der Waals surface area contributed by atoms with Gasteiger partial charge in [0.05, 0.1) is 0 Å². The van der Waals surface area contributed by atoms with Crippen molar-refractivity contribution in [2.24, 2.45) is 0 Å². The van der Waals surface area contributed by atoms with Crippen LogP contribution in [0.2, 0.25) is 0 Å². The van der Waals surface area contributed by atoms with Crippen LogP contribution in [0.25, 0.3) is 11.1 Å². The Morgan fingerprint density at radius 1 is 0.941 bits per heavy atom. The number of phenols is 1. The van der Waals surface area contributed by atoms with Crippen LogP contribution < -0.4 is 0 Å². The maximum atomic E-state index is 10.1. The van der Waals surface area contributed by atoms with Gasteiger partial charge in [-0.3, -0.25) is 0 Å². The fourth-order valence-corrected chi connectivity index (χ4v) is 2.36. The minimum Gasteiger partial charge on any atom is -0.507 e. The number of hydrogen-bond donors (Lipinski definition) is 1. The van der Waals surface area contributed by atoms with Gasteiger partial charge < -0.3 is 5.11 Å². The Morgan fingerprint density at radius 2 is 1.59 bits per heavy atom. The Hall–Kier alpha value is -1.76. The van der Waals surface area contributed by atoms with Crippen molar-refractivity contribution in [1.82, 2.24) is 0 Å². The summed E-state index contributed by atoms with van der Waals surface area (Å²) in [7, 11) is 0. The van der Waals surface area contributed by atoms with Gasteiger partial charge in [-0.2, -0.15) is 0 Å². The highest BCUT2D eigenvalue weighted by Gasteiger charge is 2.15. The lowest BCUT2D eigenvalue weighted by Gasteiger charge is -2.17. The van der Waals surface area contributed by atoms with Crippen molar-refractivity contribution >= 4 is 0 Å². The van der Waals surface area contributed by atoms with Crippen molar-refractivity contribution in [2.75, 3.05) is 0 Å². The van der Waals surface area contributed by atoms with Crippen LogP contribution in [0, 0.1) is 6.92 Å². The van der Waals surface area contributed by atoms with Crippen LogP contribution in [-0.4, -0.2) is 5.11 Å². The first-order chi connectivity index (χ1) is 8.11. The van der Waals surface area contributed by atoms with E-state index in [1.54, 1.807) is 6.07 Å². The summed E-state index contributed by atoms with van der Waals surface area (Å²) < 4.78 is 0. The molecule has 0 saturated carbocycles. The van der Waals surface area contributed by atoms with Gasteiger partial charge in [0.2, 0.25) is 0 Å². The van der Waals surface area contributed by atoms with Crippen molar-refractivity contribution in [1.29, 1.82) is 0 Å². The fraction of sp³-hybridized carbons (Fsp3) is 0.250. The highest BCUT2D eigenvalue weighted by Crippen LogP contribution is 2.38.